The molecule has 0 saturated heterocycles. The van der Waals surface area contributed by atoms with E-state index in [9.17, 15) is 4.79 Å². The lowest BCUT2D eigenvalue weighted by Crippen LogP contribution is -2.33. The molecule has 28 heavy (non-hydrogen) atoms. The van der Waals surface area contributed by atoms with Crippen LogP contribution in [0, 0.1) is 25.2 Å². The molecule has 0 fully saturated rings. The third kappa shape index (κ3) is 5.02. The van der Waals surface area contributed by atoms with E-state index in [1.807, 2.05) is 42.7 Å². The zero-order chi connectivity index (χ0) is 19.9. The Morgan fingerprint density at radius 3 is 2.79 bits per heavy atom. The molecular weight excluding hydrogens is 374 g/mol. The van der Waals surface area contributed by atoms with Gasteiger partial charge < -0.3 is 13.9 Å². The number of hydrogen-bond acceptors (Lipinski definition) is 6. The maximum atomic E-state index is 12.9. The van der Waals surface area contributed by atoms with Gasteiger partial charge in [-0.2, -0.15) is 5.26 Å². The van der Waals surface area contributed by atoms with Gasteiger partial charge in [0.2, 0.25) is 5.91 Å². The van der Waals surface area contributed by atoms with Gasteiger partial charge in [0.1, 0.15) is 12.1 Å². The summed E-state index contributed by atoms with van der Waals surface area (Å²) in [5, 5.41) is 17.7. The highest BCUT2D eigenvalue weighted by atomic mass is 32.2. The third-order valence-electron chi connectivity index (χ3n) is 4.08. The number of nitrogens with zero attached hydrogens (tertiary/aromatic N) is 5. The number of benzene rings is 1. The van der Waals surface area contributed by atoms with Crippen LogP contribution in [0.2, 0.25) is 0 Å². The van der Waals surface area contributed by atoms with E-state index in [-0.39, 0.29) is 18.1 Å². The van der Waals surface area contributed by atoms with Crippen LogP contribution >= 0.6 is 11.8 Å². The molecule has 0 radical (unpaired) electrons. The number of nitriles is 1. The number of amides is 1. The Bertz CT molecular complexity index is 955. The number of hydrogen-bond donors (Lipinski definition) is 0. The molecule has 0 N–H and O–H groups in total. The number of carbonyl (C=O) groups is 1. The average molecular weight is 395 g/mol. The molecule has 7 nitrogen and oxygen atoms in total. The van der Waals surface area contributed by atoms with Gasteiger partial charge in [0.15, 0.2) is 5.16 Å². The van der Waals surface area contributed by atoms with Crippen molar-refractivity contribution in [3.63, 3.8) is 0 Å². The number of aryl methyl sites for hydroxylation is 2. The van der Waals surface area contributed by atoms with E-state index in [0.29, 0.717) is 18.2 Å². The number of carbonyl (C=O) groups excluding carboxylic acids is 1. The molecule has 8 heteroatoms. The van der Waals surface area contributed by atoms with Crippen LogP contribution in [0.5, 0.6) is 0 Å². The molecule has 2 heterocycles. The van der Waals surface area contributed by atoms with Crippen molar-refractivity contribution >= 4 is 23.4 Å². The maximum Gasteiger partial charge on any atom is 0.237 e. The van der Waals surface area contributed by atoms with Crippen LogP contribution in [0.3, 0.4) is 0 Å². The minimum Gasteiger partial charge on any atom is -0.467 e. The predicted octanol–water partition coefficient (Wildman–Crippen LogP) is 3.58. The average Bonchev–Trinajstić information content (AvgIpc) is 3.32. The normalized spacial score (nSPS) is 10.6. The lowest BCUT2D eigenvalue weighted by atomic mass is 10.1. The molecule has 0 aliphatic heterocycles. The SMILES string of the molecule is Cc1cc(C)cc(N(CCC#N)C(=O)CSc2nncn2Cc2ccco2)c1. The van der Waals surface area contributed by atoms with Gasteiger partial charge in [-0.05, 0) is 49.2 Å². The highest BCUT2D eigenvalue weighted by Crippen LogP contribution is 2.22. The van der Waals surface area contributed by atoms with Gasteiger partial charge in [-0.25, -0.2) is 0 Å². The topological polar surface area (TPSA) is 88.0 Å². The fourth-order valence-electron chi connectivity index (χ4n) is 2.91. The molecule has 3 aromatic rings. The van der Waals surface area contributed by atoms with Crippen molar-refractivity contribution in [2.45, 2.75) is 32.0 Å². The molecular formula is C20H21N5O2S. The molecule has 0 unspecified atom stereocenters. The zero-order valence-corrected chi connectivity index (χ0v) is 16.6. The Labute approximate surface area is 168 Å². The fraction of sp³-hybridized carbons (Fsp3) is 0.300. The Balaban J connectivity index is 1.71. The van der Waals surface area contributed by atoms with E-state index in [2.05, 4.69) is 22.3 Å². The van der Waals surface area contributed by atoms with E-state index in [1.54, 1.807) is 17.5 Å². The van der Waals surface area contributed by atoms with Gasteiger partial charge in [-0.15, -0.1) is 10.2 Å². The first kappa shape index (κ1) is 19.7. The maximum absolute atomic E-state index is 12.9. The summed E-state index contributed by atoms with van der Waals surface area (Å²) in [4.78, 5) is 14.6. The minimum atomic E-state index is -0.0715. The molecule has 1 amide bonds. The first-order valence-electron chi connectivity index (χ1n) is 8.85. The van der Waals surface area contributed by atoms with E-state index in [4.69, 9.17) is 9.68 Å². The third-order valence-corrected chi connectivity index (χ3v) is 5.04. The first-order chi connectivity index (χ1) is 13.6. The van der Waals surface area contributed by atoms with Crippen LogP contribution < -0.4 is 4.90 Å². The number of aromatic nitrogens is 3. The molecule has 0 spiro atoms. The van der Waals surface area contributed by atoms with Gasteiger partial charge in [-0.3, -0.25) is 4.79 Å². The number of anilines is 1. The highest BCUT2D eigenvalue weighted by Gasteiger charge is 2.18. The number of furan rings is 1. The van der Waals surface area contributed by atoms with Crippen molar-refractivity contribution in [3.8, 4) is 6.07 Å². The quantitative estimate of drug-likeness (QED) is 0.542. The van der Waals surface area contributed by atoms with Gasteiger partial charge in [0, 0.05) is 12.2 Å². The van der Waals surface area contributed by atoms with Gasteiger partial charge in [-0.1, -0.05) is 17.8 Å². The fourth-order valence-corrected chi connectivity index (χ4v) is 3.70. The number of thioether (sulfide) groups is 1. The Hall–Kier alpha value is -3.05. The molecule has 0 bridgehead atoms. The Morgan fingerprint density at radius 1 is 1.32 bits per heavy atom. The number of rotatable bonds is 8. The van der Waals surface area contributed by atoms with Gasteiger partial charge >= 0.3 is 0 Å². The molecule has 0 aliphatic rings. The second-order valence-corrected chi connectivity index (χ2v) is 7.35. The lowest BCUT2D eigenvalue weighted by molar-refractivity contribution is -0.116. The zero-order valence-electron chi connectivity index (χ0n) is 15.8. The van der Waals surface area contributed by atoms with Crippen LogP contribution in [0.25, 0.3) is 0 Å². The monoisotopic (exact) mass is 395 g/mol. The van der Waals surface area contributed by atoms with Crippen molar-refractivity contribution in [3.05, 3.63) is 59.8 Å². The van der Waals surface area contributed by atoms with Gasteiger partial charge in [0.25, 0.3) is 0 Å². The van der Waals surface area contributed by atoms with Crippen LogP contribution in [0.1, 0.15) is 23.3 Å². The van der Waals surface area contributed by atoms with Gasteiger partial charge in [0.05, 0.1) is 31.1 Å². The van der Waals surface area contributed by atoms with Crippen molar-refractivity contribution in [1.29, 1.82) is 5.26 Å². The van der Waals surface area contributed by atoms with Crippen molar-refractivity contribution in [2.75, 3.05) is 17.2 Å². The molecule has 0 saturated carbocycles. The Kier molecular flexibility index (Phi) is 6.50. The molecule has 144 valence electrons. The second kappa shape index (κ2) is 9.24. The molecule has 3 rings (SSSR count). The van der Waals surface area contributed by atoms with E-state index in [0.717, 1.165) is 22.6 Å². The first-order valence-corrected chi connectivity index (χ1v) is 9.84. The van der Waals surface area contributed by atoms with Crippen molar-refractivity contribution in [2.24, 2.45) is 0 Å². The van der Waals surface area contributed by atoms with E-state index >= 15 is 0 Å². The lowest BCUT2D eigenvalue weighted by Gasteiger charge is -2.22. The van der Waals surface area contributed by atoms with E-state index < -0.39 is 0 Å². The largest absolute Gasteiger partial charge is 0.467 e. The van der Waals surface area contributed by atoms with Crippen LogP contribution in [-0.2, 0) is 11.3 Å². The highest BCUT2D eigenvalue weighted by molar-refractivity contribution is 7.99. The summed E-state index contributed by atoms with van der Waals surface area (Å²) in [7, 11) is 0. The second-order valence-electron chi connectivity index (χ2n) is 6.41. The molecule has 0 aliphatic carbocycles. The Morgan fingerprint density at radius 2 is 2.11 bits per heavy atom. The summed E-state index contributed by atoms with van der Waals surface area (Å²) in [6, 6.07) is 11.8. The van der Waals surface area contributed by atoms with E-state index in [1.165, 1.54) is 11.8 Å². The summed E-state index contributed by atoms with van der Waals surface area (Å²) < 4.78 is 7.20. The van der Waals surface area contributed by atoms with Crippen LogP contribution in [0.4, 0.5) is 5.69 Å². The van der Waals surface area contributed by atoms with Crippen molar-refractivity contribution < 1.29 is 9.21 Å². The standard InChI is InChI=1S/C20H21N5O2S/c1-15-9-16(2)11-17(10-15)25(7-4-6-21)19(26)13-28-20-23-22-14-24(20)12-18-5-3-8-27-18/h3,5,8-11,14H,4,7,12-13H2,1-2H3. The summed E-state index contributed by atoms with van der Waals surface area (Å²) in [6.45, 7) is 4.86. The summed E-state index contributed by atoms with van der Waals surface area (Å²) >= 11 is 1.32. The minimum absolute atomic E-state index is 0.0715. The molecule has 0 atom stereocenters. The molecule has 2 aromatic heterocycles. The molecule has 1 aromatic carbocycles. The smallest absolute Gasteiger partial charge is 0.237 e. The van der Waals surface area contributed by atoms with Crippen molar-refractivity contribution in [1.82, 2.24) is 14.8 Å². The summed E-state index contributed by atoms with van der Waals surface area (Å²) in [6.07, 6.45) is 3.51. The summed E-state index contributed by atoms with van der Waals surface area (Å²) in [5.41, 5.74) is 2.97. The van der Waals surface area contributed by atoms with Crippen LogP contribution in [0.15, 0.2) is 52.5 Å². The predicted molar refractivity (Wildman–Crippen MR) is 107 cm³/mol. The summed E-state index contributed by atoms with van der Waals surface area (Å²) in [5.74, 6) is 0.923. The van der Waals surface area contributed by atoms with Crippen LogP contribution in [-0.4, -0.2) is 33.0 Å².